The lowest BCUT2D eigenvalue weighted by Crippen LogP contribution is -2.24. The Hall–Kier alpha value is -2.62. The summed E-state index contributed by atoms with van der Waals surface area (Å²) < 4.78 is 24.5. The molecule has 3 atom stereocenters. The maximum absolute atomic E-state index is 14.6. The summed E-state index contributed by atoms with van der Waals surface area (Å²) in [6.07, 6.45) is -1.69. The largest absolute Gasteiger partial charge is 0.456 e. The second kappa shape index (κ2) is 8.02. The van der Waals surface area contributed by atoms with Crippen LogP contribution in [0.2, 0.25) is 0 Å². The number of carbonyl (C=O) groups excluding carboxylic acids is 1. The topological polar surface area (TPSA) is 99.3 Å². The molecule has 1 aliphatic rings. The Bertz CT molecular complexity index is 910. The molecule has 0 amide bonds. The Morgan fingerprint density at radius 1 is 1.34 bits per heavy atom. The van der Waals surface area contributed by atoms with Gasteiger partial charge >= 0.3 is 5.97 Å². The third kappa shape index (κ3) is 4.52. The molecule has 0 spiro atoms. The molecule has 1 aromatic carbocycles. The number of anilines is 1. The van der Waals surface area contributed by atoms with Gasteiger partial charge in [-0.2, -0.15) is 5.10 Å². The van der Waals surface area contributed by atoms with Crippen molar-refractivity contribution in [3.8, 4) is 0 Å². The zero-order chi connectivity index (χ0) is 21.3. The average Bonchev–Trinajstić information content (AvgIpc) is 3.25. The van der Waals surface area contributed by atoms with Crippen LogP contribution in [0.1, 0.15) is 55.6 Å². The zero-order valence-corrected chi connectivity index (χ0v) is 17.2. The van der Waals surface area contributed by atoms with Gasteiger partial charge in [-0.1, -0.05) is 12.8 Å². The van der Waals surface area contributed by atoms with Crippen LogP contribution in [-0.2, 0) is 10.3 Å². The summed E-state index contributed by atoms with van der Waals surface area (Å²) in [5, 5.41) is 15.3. The van der Waals surface area contributed by atoms with E-state index in [1.165, 1.54) is 24.3 Å². The molecule has 3 rings (SSSR count). The van der Waals surface area contributed by atoms with E-state index in [-0.39, 0.29) is 29.1 Å². The summed E-state index contributed by atoms with van der Waals surface area (Å²) in [5.41, 5.74) is 0.449. The van der Waals surface area contributed by atoms with Crippen LogP contribution >= 0.6 is 12.8 Å². The van der Waals surface area contributed by atoms with Crippen molar-refractivity contribution in [2.75, 3.05) is 4.72 Å². The van der Waals surface area contributed by atoms with Crippen molar-refractivity contribution in [2.45, 2.75) is 57.3 Å². The first-order valence-electron chi connectivity index (χ1n) is 9.20. The number of halogens is 1. The Morgan fingerprint density at radius 3 is 2.52 bits per heavy atom. The third-order valence-corrected chi connectivity index (χ3v) is 5.13. The fourth-order valence-electron chi connectivity index (χ4n) is 3.43. The molecule has 1 fully saturated rings. The lowest BCUT2D eigenvalue weighted by Gasteiger charge is -2.21. The number of carbonyl (C=O) groups is 1. The number of nitrogens with zero attached hydrogens (tertiary/aromatic N) is 3. The Kier molecular flexibility index (Phi) is 5.83. The van der Waals surface area contributed by atoms with Crippen LogP contribution in [-0.4, -0.2) is 32.9 Å². The van der Waals surface area contributed by atoms with Gasteiger partial charge in [-0.05, 0) is 45.7 Å². The van der Waals surface area contributed by atoms with Gasteiger partial charge in [0.15, 0.2) is 0 Å². The summed E-state index contributed by atoms with van der Waals surface area (Å²) in [6, 6.07) is 6.86. The number of hydrogen-bond acceptors (Lipinski definition) is 7. The van der Waals surface area contributed by atoms with Crippen LogP contribution < -0.4 is 4.72 Å². The number of rotatable bonds is 5. The van der Waals surface area contributed by atoms with E-state index < -0.39 is 23.2 Å². The molecule has 1 aliphatic carbocycles. The normalized spacial score (nSPS) is 21.8. The van der Waals surface area contributed by atoms with Gasteiger partial charge in [0.2, 0.25) is 0 Å². The number of thiol groups is 1. The molecule has 0 saturated heterocycles. The van der Waals surface area contributed by atoms with Crippen LogP contribution in [0.3, 0.4) is 0 Å². The first-order valence-corrected chi connectivity index (χ1v) is 9.65. The van der Waals surface area contributed by atoms with Crippen LogP contribution in [0, 0.1) is 10.1 Å². The summed E-state index contributed by atoms with van der Waals surface area (Å²) >= 11 is 4.11. The number of benzene rings is 1. The standard InChI is InChI=1S/C19H23FN4O4S/c1-19(2,3)23-17(22-29)10-15(21-23)12-8-14(20)16(9-12)28-18(25)11-4-6-13(7-5-11)24(26)27/h4-7,10,12,14,16,22,29H,8-9H2,1-3H3. The van der Waals surface area contributed by atoms with E-state index in [1.807, 2.05) is 26.8 Å². The van der Waals surface area contributed by atoms with Crippen molar-refractivity contribution in [1.82, 2.24) is 9.78 Å². The minimum Gasteiger partial charge on any atom is -0.456 e. The molecule has 10 heteroatoms. The predicted molar refractivity (Wildman–Crippen MR) is 109 cm³/mol. The van der Waals surface area contributed by atoms with Crippen molar-refractivity contribution in [1.29, 1.82) is 0 Å². The molecular weight excluding hydrogens is 399 g/mol. The lowest BCUT2D eigenvalue weighted by atomic mass is 10.0. The number of ether oxygens (including phenoxy) is 1. The molecule has 8 nitrogen and oxygen atoms in total. The summed E-state index contributed by atoms with van der Waals surface area (Å²) in [5.74, 6) is -0.188. The first-order chi connectivity index (χ1) is 13.6. The molecule has 0 radical (unpaired) electrons. The van der Waals surface area contributed by atoms with Crippen LogP contribution in [0.25, 0.3) is 0 Å². The highest BCUT2D eigenvalue weighted by molar-refractivity contribution is 7.81. The molecular formula is C19H23FN4O4S. The Labute approximate surface area is 173 Å². The van der Waals surface area contributed by atoms with E-state index in [2.05, 4.69) is 22.6 Å². The van der Waals surface area contributed by atoms with Gasteiger partial charge in [0.1, 0.15) is 18.1 Å². The van der Waals surface area contributed by atoms with E-state index >= 15 is 0 Å². The van der Waals surface area contributed by atoms with Gasteiger partial charge in [-0.3, -0.25) is 10.1 Å². The van der Waals surface area contributed by atoms with Crippen molar-refractivity contribution in [3.05, 3.63) is 51.7 Å². The number of hydrogen-bond donors (Lipinski definition) is 2. The van der Waals surface area contributed by atoms with Gasteiger partial charge in [0, 0.05) is 24.1 Å². The SMILES string of the molecule is CC(C)(C)n1nc(C2CC(F)C(OC(=O)c3ccc([N+](=O)[O-])cc3)C2)cc1NS. The van der Waals surface area contributed by atoms with Gasteiger partial charge < -0.3 is 9.46 Å². The van der Waals surface area contributed by atoms with Gasteiger partial charge in [0.25, 0.3) is 5.69 Å². The number of nitro benzene ring substituents is 1. The molecule has 2 aromatic rings. The van der Waals surface area contributed by atoms with Crippen LogP contribution in [0.4, 0.5) is 15.9 Å². The Balaban J connectivity index is 1.70. The number of esters is 1. The monoisotopic (exact) mass is 422 g/mol. The lowest BCUT2D eigenvalue weighted by molar-refractivity contribution is -0.384. The predicted octanol–water partition coefficient (Wildman–Crippen LogP) is 4.24. The average molecular weight is 422 g/mol. The van der Waals surface area contributed by atoms with E-state index in [0.29, 0.717) is 17.9 Å². The highest BCUT2D eigenvalue weighted by atomic mass is 32.1. The molecule has 1 saturated carbocycles. The number of nitro groups is 1. The number of aromatic nitrogens is 2. The number of alkyl halides is 1. The van der Waals surface area contributed by atoms with E-state index in [4.69, 9.17) is 4.74 Å². The molecule has 156 valence electrons. The highest BCUT2D eigenvalue weighted by Crippen LogP contribution is 2.39. The Morgan fingerprint density at radius 2 is 2.00 bits per heavy atom. The van der Waals surface area contributed by atoms with E-state index in [1.54, 1.807) is 4.68 Å². The quantitative estimate of drug-likeness (QED) is 0.324. The van der Waals surface area contributed by atoms with Gasteiger partial charge in [0.05, 0.1) is 21.7 Å². The van der Waals surface area contributed by atoms with E-state index in [0.717, 1.165) is 0 Å². The van der Waals surface area contributed by atoms with Gasteiger partial charge in [-0.25, -0.2) is 13.9 Å². The highest BCUT2D eigenvalue weighted by Gasteiger charge is 2.39. The minimum absolute atomic E-state index is 0.131. The first kappa shape index (κ1) is 21.1. The molecule has 0 aliphatic heterocycles. The zero-order valence-electron chi connectivity index (χ0n) is 16.3. The van der Waals surface area contributed by atoms with Crippen molar-refractivity contribution in [3.63, 3.8) is 0 Å². The summed E-state index contributed by atoms with van der Waals surface area (Å²) in [4.78, 5) is 22.5. The van der Waals surface area contributed by atoms with Crippen molar-refractivity contribution >= 4 is 30.3 Å². The molecule has 1 heterocycles. The number of nitrogens with one attached hydrogen (secondary N) is 1. The van der Waals surface area contributed by atoms with Crippen molar-refractivity contribution in [2.24, 2.45) is 0 Å². The fraction of sp³-hybridized carbons (Fsp3) is 0.474. The molecule has 29 heavy (non-hydrogen) atoms. The second-order valence-electron chi connectivity index (χ2n) is 8.08. The smallest absolute Gasteiger partial charge is 0.338 e. The van der Waals surface area contributed by atoms with Crippen LogP contribution in [0.15, 0.2) is 30.3 Å². The molecule has 1 aromatic heterocycles. The van der Waals surface area contributed by atoms with E-state index in [9.17, 15) is 19.3 Å². The fourth-order valence-corrected chi connectivity index (χ4v) is 3.59. The number of non-ortho nitro benzene ring substituents is 1. The molecule has 0 bridgehead atoms. The molecule has 1 N–H and O–H groups in total. The third-order valence-electron chi connectivity index (χ3n) is 4.90. The van der Waals surface area contributed by atoms with Gasteiger partial charge in [-0.15, -0.1) is 0 Å². The van der Waals surface area contributed by atoms with Crippen LogP contribution in [0.5, 0.6) is 0 Å². The minimum atomic E-state index is -1.31. The molecule has 3 unspecified atom stereocenters. The summed E-state index contributed by atoms with van der Waals surface area (Å²) in [6.45, 7) is 6.00. The second-order valence-corrected chi connectivity index (χ2v) is 8.30. The summed E-state index contributed by atoms with van der Waals surface area (Å²) in [7, 11) is 0. The maximum atomic E-state index is 14.6. The van der Waals surface area contributed by atoms with Crippen molar-refractivity contribution < 1.29 is 18.8 Å². The maximum Gasteiger partial charge on any atom is 0.338 e.